The van der Waals surface area contributed by atoms with E-state index in [2.05, 4.69) is 27.7 Å². The van der Waals surface area contributed by atoms with Crippen LogP contribution in [-0.2, 0) is 0 Å². The lowest BCUT2D eigenvalue weighted by Crippen LogP contribution is -2.01. The molecular formula is C12H27P. The standard InChI is InChI=1S/C12H27P/c1-5-7-11(3)9-13-10-12(4)8-6-2/h11-13H,5-10H2,1-4H3. The van der Waals surface area contributed by atoms with Gasteiger partial charge in [-0.2, -0.15) is 0 Å². The largest absolute Gasteiger partial charge is 0.122 e. The van der Waals surface area contributed by atoms with Crippen molar-refractivity contribution >= 4 is 8.58 Å². The smallest absolute Gasteiger partial charge is 0.0328 e. The van der Waals surface area contributed by atoms with Crippen LogP contribution in [0.3, 0.4) is 0 Å². The van der Waals surface area contributed by atoms with Gasteiger partial charge in [-0.25, -0.2) is 0 Å². The summed E-state index contributed by atoms with van der Waals surface area (Å²) >= 11 is 0. The minimum absolute atomic E-state index is 0.970. The highest BCUT2D eigenvalue weighted by Crippen LogP contribution is 2.23. The first-order chi connectivity index (χ1) is 6.20. The summed E-state index contributed by atoms with van der Waals surface area (Å²) in [6.45, 7) is 9.39. The first kappa shape index (κ1) is 13.4. The van der Waals surface area contributed by atoms with E-state index in [1.54, 1.807) is 0 Å². The van der Waals surface area contributed by atoms with Crippen molar-refractivity contribution in [2.24, 2.45) is 11.8 Å². The Bertz CT molecular complexity index is 89.3. The van der Waals surface area contributed by atoms with Gasteiger partial charge in [0.25, 0.3) is 0 Å². The molecule has 2 atom stereocenters. The van der Waals surface area contributed by atoms with Gasteiger partial charge >= 0.3 is 0 Å². The molecule has 2 unspecified atom stereocenters. The van der Waals surface area contributed by atoms with Gasteiger partial charge in [0.1, 0.15) is 0 Å². The first-order valence-electron chi connectivity index (χ1n) is 5.91. The van der Waals surface area contributed by atoms with Gasteiger partial charge in [-0.15, -0.1) is 8.58 Å². The molecule has 0 rings (SSSR count). The third-order valence-electron chi connectivity index (χ3n) is 2.55. The Hall–Kier alpha value is 0.430. The van der Waals surface area contributed by atoms with Crippen LogP contribution in [0.1, 0.15) is 53.4 Å². The second-order valence-corrected chi connectivity index (χ2v) is 5.76. The minimum Gasteiger partial charge on any atom is -0.122 e. The van der Waals surface area contributed by atoms with Crippen molar-refractivity contribution in [1.82, 2.24) is 0 Å². The molecule has 1 heteroatoms. The van der Waals surface area contributed by atoms with Crippen LogP contribution in [0.2, 0.25) is 0 Å². The van der Waals surface area contributed by atoms with Crippen LogP contribution in [-0.4, -0.2) is 12.3 Å². The summed E-state index contributed by atoms with van der Waals surface area (Å²) in [4.78, 5) is 0. The Labute approximate surface area is 86.7 Å². The van der Waals surface area contributed by atoms with Crippen molar-refractivity contribution in [3.63, 3.8) is 0 Å². The summed E-state index contributed by atoms with van der Waals surface area (Å²) in [5.41, 5.74) is 0. The molecule has 0 heterocycles. The first-order valence-corrected chi connectivity index (χ1v) is 7.32. The molecule has 0 nitrogen and oxygen atoms in total. The molecule has 0 aliphatic heterocycles. The Balaban J connectivity index is 3.23. The van der Waals surface area contributed by atoms with Crippen molar-refractivity contribution in [3.05, 3.63) is 0 Å². The van der Waals surface area contributed by atoms with Crippen molar-refractivity contribution in [3.8, 4) is 0 Å². The van der Waals surface area contributed by atoms with Crippen molar-refractivity contribution in [1.29, 1.82) is 0 Å². The number of rotatable bonds is 8. The van der Waals surface area contributed by atoms with Gasteiger partial charge in [-0.1, -0.05) is 53.4 Å². The Kier molecular flexibility index (Phi) is 9.30. The van der Waals surface area contributed by atoms with E-state index in [1.165, 1.54) is 46.6 Å². The average molecular weight is 202 g/mol. The highest BCUT2D eigenvalue weighted by molar-refractivity contribution is 7.37. The Morgan fingerprint density at radius 2 is 1.23 bits per heavy atom. The van der Waals surface area contributed by atoms with E-state index in [1.807, 2.05) is 0 Å². The van der Waals surface area contributed by atoms with E-state index in [0.29, 0.717) is 0 Å². The summed E-state index contributed by atoms with van der Waals surface area (Å²) in [6.07, 6.45) is 8.51. The molecule has 0 bridgehead atoms. The second-order valence-electron chi connectivity index (χ2n) is 4.45. The molecule has 13 heavy (non-hydrogen) atoms. The fourth-order valence-corrected chi connectivity index (χ4v) is 3.33. The molecule has 0 radical (unpaired) electrons. The molecule has 0 aliphatic carbocycles. The third kappa shape index (κ3) is 8.75. The molecule has 0 aromatic carbocycles. The van der Waals surface area contributed by atoms with E-state index < -0.39 is 0 Å². The minimum atomic E-state index is 0.970. The van der Waals surface area contributed by atoms with Gasteiger partial charge in [0.2, 0.25) is 0 Å². The highest BCUT2D eigenvalue weighted by atomic mass is 31.1. The maximum Gasteiger partial charge on any atom is -0.0328 e. The van der Waals surface area contributed by atoms with E-state index in [9.17, 15) is 0 Å². The number of hydrogen-bond acceptors (Lipinski definition) is 0. The fourth-order valence-electron chi connectivity index (χ4n) is 1.77. The second kappa shape index (κ2) is 9.00. The zero-order valence-electron chi connectivity index (χ0n) is 9.90. The summed E-state index contributed by atoms with van der Waals surface area (Å²) in [6, 6.07) is 0. The van der Waals surface area contributed by atoms with Crippen molar-refractivity contribution in [2.45, 2.75) is 53.4 Å². The van der Waals surface area contributed by atoms with Gasteiger partial charge in [0.15, 0.2) is 0 Å². The summed E-state index contributed by atoms with van der Waals surface area (Å²) < 4.78 is 0. The molecule has 0 aliphatic rings. The lowest BCUT2D eigenvalue weighted by atomic mass is 10.1. The molecule has 0 saturated carbocycles. The van der Waals surface area contributed by atoms with Crippen LogP contribution >= 0.6 is 8.58 Å². The van der Waals surface area contributed by atoms with Crippen LogP contribution in [0.25, 0.3) is 0 Å². The van der Waals surface area contributed by atoms with Crippen LogP contribution in [0, 0.1) is 11.8 Å². The van der Waals surface area contributed by atoms with Crippen LogP contribution in [0.4, 0.5) is 0 Å². The molecule has 0 fully saturated rings. The zero-order valence-corrected chi connectivity index (χ0v) is 10.9. The van der Waals surface area contributed by atoms with Crippen LogP contribution in [0.5, 0.6) is 0 Å². The number of hydrogen-bond donors (Lipinski definition) is 0. The quantitative estimate of drug-likeness (QED) is 0.507. The molecule has 80 valence electrons. The van der Waals surface area contributed by atoms with Crippen LogP contribution < -0.4 is 0 Å². The predicted molar refractivity (Wildman–Crippen MR) is 66.2 cm³/mol. The van der Waals surface area contributed by atoms with E-state index in [-0.39, 0.29) is 0 Å². The lowest BCUT2D eigenvalue weighted by Gasteiger charge is -2.13. The zero-order chi connectivity index (χ0) is 10.1. The maximum absolute atomic E-state index is 2.40. The maximum atomic E-state index is 2.40. The van der Waals surface area contributed by atoms with Gasteiger partial charge in [-0.3, -0.25) is 0 Å². The van der Waals surface area contributed by atoms with E-state index in [4.69, 9.17) is 0 Å². The Morgan fingerprint density at radius 3 is 1.54 bits per heavy atom. The fraction of sp³-hybridized carbons (Fsp3) is 1.00. The molecule has 0 saturated heterocycles. The normalized spacial score (nSPS) is 16.6. The predicted octanol–water partition coefficient (Wildman–Crippen LogP) is 4.54. The lowest BCUT2D eigenvalue weighted by molar-refractivity contribution is 0.569. The molecule has 0 aromatic heterocycles. The monoisotopic (exact) mass is 202 g/mol. The summed E-state index contributed by atoms with van der Waals surface area (Å²) in [5, 5.41) is 0. The topological polar surface area (TPSA) is 0 Å². The molecule has 0 aromatic rings. The third-order valence-corrected chi connectivity index (χ3v) is 4.52. The van der Waals surface area contributed by atoms with Crippen molar-refractivity contribution < 1.29 is 0 Å². The van der Waals surface area contributed by atoms with Gasteiger partial charge in [0, 0.05) is 0 Å². The molecule has 0 spiro atoms. The van der Waals surface area contributed by atoms with Crippen LogP contribution in [0.15, 0.2) is 0 Å². The van der Waals surface area contributed by atoms with Gasteiger partial charge < -0.3 is 0 Å². The molecule has 0 N–H and O–H groups in total. The highest BCUT2D eigenvalue weighted by Gasteiger charge is 2.03. The van der Waals surface area contributed by atoms with Gasteiger partial charge in [0.05, 0.1) is 0 Å². The van der Waals surface area contributed by atoms with Crippen molar-refractivity contribution in [2.75, 3.05) is 12.3 Å². The SMILES string of the molecule is CCCC(C)CPCC(C)CCC. The van der Waals surface area contributed by atoms with E-state index in [0.717, 1.165) is 11.8 Å². The average Bonchev–Trinajstić information content (AvgIpc) is 2.05. The Morgan fingerprint density at radius 1 is 0.846 bits per heavy atom. The molecule has 0 amide bonds. The summed E-state index contributed by atoms with van der Waals surface area (Å²) in [7, 11) is 1.21. The summed E-state index contributed by atoms with van der Waals surface area (Å²) in [5.74, 6) is 1.94. The van der Waals surface area contributed by atoms with E-state index >= 15 is 0 Å². The molecular weight excluding hydrogens is 175 g/mol. The van der Waals surface area contributed by atoms with Gasteiger partial charge in [-0.05, 0) is 24.2 Å².